The Balaban J connectivity index is 2.40. The molecular formula is C13H8Br2N2O4S. The van der Waals surface area contributed by atoms with Crippen molar-refractivity contribution >= 4 is 73.0 Å². The molecule has 1 aliphatic heterocycles. The van der Waals surface area contributed by atoms with Gasteiger partial charge in [-0.25, -0.2) is 0 Å². The summed E-state index contributed by atoms with van der Waals surface area (Å²) in [5, 5.41) is 4.66. The smallest absolute Gasteiger partial charge is 0.308 e. The molecule has 2 N–H and O–H groups in total. The van der Waals surface area contributed by atoms with Crippen LogP contribution in [0.3, 0.4) is 0 Å². The Bertz CT molecular complexity index is 701. The summed E-state index contributed by atoms with van der Waals surface area (Å²) < 4.78 is 6.04. The van der Waals surface area contributed by atoms with Crippen molar-refractivity contribution in [1.29, 1.82) is 0 Å². The third-order valence-corrected chi connectivity index (χ3v) is 3.90. The average Bonchev–Trinajstić information content (AvgIpc) is 2.38. The van der Waals surface area contributed by atoms with Gasteiger partial charge in [0.25, 0.3) is 11.8 Å². The first-order valence-electron chi connectivity index (χ1n) is 5.83. The van der Waals surface area contributed by atoms with Crippen LogP contribution >= 0.6 is 44.1 Å². The van der Waals surface area contributed by atoms with Crippen molar-refractivity contribution in [2.24, 2.45) is 0 Å². The third-order valence-electron chi connectivity index (χ3n) is 2.52. The summed E-state index contributed by atoms with van der Waals surface area (Å²) >= 11 is 11.3. The molecule has 0 atom stereocenters. The number of halogens is 2. The van der Waals surface area contributed by atoms with E-state index in [0.29, 0.717) is 20.3 Å². The van der Waals surface area contributed by atoms with Gasteiger partial charge in [-0.3, -0.25) is 25.0 Å². The van der Waals surface area contributed by atoms with Crippen LogP contribution in [-0.2, 0) is 14.4 Å². The van der Waals surface area contributed by atoms with Gasteiger partial charge >= 0.3 is 5.97 Å². The molecule has 1 aliphatic rings. The Kier molecular flexibility index (Phi) is 5.09. The molecule has 2 rings (SSSR count). The molecule has 6 nitrogen and oxygen atoms in total. The molecule has 0 unspecified atom stereocenters. The number of esters is 1. The molecular weight excluding hydrogens is 440 g/mol. The van der Waals surface area contributed by atoms with Gasteiger partial charge in [-0.2, -0.15) is 0 Å². The van der Waals surface area contributed by atoms with Gasteiger partial charge in [0, 0.05) is 6.92 Å². The highest BCUT2D eigenvalue weighted by Crippen LogP contribution is 2.35. The zero-order chi connectivity index (χ0) is 16.4. The fourth-order valence-corrected chi connectivity index (χ4v) is 3.25. The van der Waals surface area contributed by atoms with Gasteiger partial charge in [0.2, 0.25) is 0 Å². The number of rotatable bonds is 2. The number of nitrogens with one attached hydrogen (secondary N) is 2. The van der Waals surface area contributed by atoms with Crippen LogP contribution < -0.4 is 15.4 Å². The summed E-state index contributed by atoms with van der Waals surface area (Å²) in [7, 11) is 0. The number of benzene rings is 1. The van der Waals surface area contributed by atoms with E-state index >= 15 is 0 Å². The number of carbonyl (C=O) groups is 3. The van der Waals surface area contributed by atoms with Crippen LogP contribution in [0.5, 0.6) is 5.75 Å². The first-order chi connectivity index (χ1) is 10.3. The standard InChI is InChI=1S/C13H8Br2N2O4S/c1-5(18)21-10-8(14)3-6(4-9(10)15)2-7-11(19)16-13(22)17-12(7)20/h2-4H,1H3,(H2,16,17,19,20,22). The van der Waals surface area contributed by atoms with Crippen LogP contribution in [0.1, 0.15) is 12.5 Å². The average molecular weight is 448 g/mol. The second-order valence-electron chi connectivity index (χ2n) is 4.20. The Morgan fingerprint density at radius 1 is 1.18 bits per heavy atom. The van der Waals surface area contributed by atoms with Crippen molar-refractivity contribution in [1.82, 2.24) is 10.6 Å². The highest BCUT2D eigenvalue weighted by molar-refractivity contribution is 9.11. The molecule has 114 valence electrons. The fraction of sp³-hybridized carbons (Fsp3) is 0.0769. The summed E-state index contributed by atoms with van der Waals surface area (Å²) in [6, 6.07) is 3.23. The molecule has 1 aromatic carbocycles. The summed E-state index contributed by atoms with van der Waals surface area (Å²) in [6.45, 7) is 1.29. The highest BCUT2D eigenvalue weighted by atomic mass is 79.9. The van der Waals surface area contributed by atoms with Crippen LogP contribution in [0.15, 0.2) is 26.7 Å². The van der Waals surface area contributed by atoms with Crippen molar-refractivity contribution < 1.29 is 19.1 Å². The van der Waals surface area contributed by atoms with E-state index in [9.17, 15) is 14.4 Å². The molecule has 0 bridgehead atoms. The lowest BCUT2D eigenvalue weighted by molar-refractivity contribution is -0.132. The number of carbonyl (C=O) groups excluding carboxylic acids is 3. The lowest BCUT2D eigenvalue weighted by Crippen LogP contribution is -2.51. The maximum atomic E-state index is 11.8. The Morgan fingerprint density at radius 3 is 2.14 bits per heavy atom. The molecule has 9 heteroatoms. The molecule has 0 saturated carbocycles. The zero-order valence-electron chi connectivity index (χ0n) is 11.0. The van der Waals surface area contributed by atoms with Gasteiger partial charge in [-0.05, 0) is 67.8 Å². The predicted molar refractivity (Wildman–Crippen MR) is 90.0 cm³/mol. The monoisotopic (exact) mass is 446 g/mol. The number of hydrogen-bond donors (Lipinski definition) is 2. The minimum Gasteiger partial charge on any atom is -0.424 e. The quantitative estimate of drug-likeness (QED) is 0.238. The molecule has 0 spiro atoms. The minimum atomic E-state index is -0.579. The number of ether oxygens (including phenoxy) is 1. The van der Waals surface area contributed by atoms with E-state index in [-0.39, 0.29) is 10.7 Å². The predicted octanol–water partition coefficient (Wildman–Crippen LogP) is 2.05. The van der Waals surface area contributed by atoms with Crippen LogP contribution in [-0.4, -0.2) is 22.9 Å². The Hall–Kier alpha value is -1.58. The topological polar surface area (TPSA) is 84.5 Å². The molecule has 0 aliphatic carbocycles. The van der Waals surface area contributed by atoms with Crippen LogP contribution in [0.2, 0.25) is 0 Å². The van der Waals surface area contributed by atoms with Crippen molar-refractivity contribution in [2.75, 3.05) is 0 Å². The normalized spacial score (nSPS) is 14.3. The second kappa shape index (κ2) is 6.67. The molecule has 1 fully saturated rings. The van der Waals surface area contributed by atoms with Crippen LogP contribution in [0, 0.1) is 0 Å². The van der Waals surface area contributed by atoms with E-state index in [1.807, 2.05) is 0 Å². The van der Waals surface area contributed by atoms with Crippen LogP contribution in [0.4, 0.5) is 0 Å². The number of hydrogen-bond acceptors (Lipinski definition) is 5. The first-order valence-corrected chi connectivity index (χ1v) is 7.83. The largest absolute Gasteiger partial charge is 0.424 e. The summed E-state index contributed by atoms with van der Waals surface area (Å²) in [5.41, 5.74) is 0.482. The van der Waals surface area contributed by atoms with E-state index in [1.54, 1.807) is 12.1 Å². The molecule has 1 heterocycles. The van der Waals surface area contributed by atoms with Crippen molar-refractivity contribution in [3.8, 4) is 5.75 Å². The van der Waals surface area contributed by atoms with Gasteiger partial charge in [-0.1, -0.05) is 0 Å². The second-order valence-corrected chi connectivity index (χ2v) is 6.32. The molecule has 1 saturated heterocycles. The first kappa shape index (κ1) is 16.8. The molecule has 22 heavy (non-hydrogen) atoms. The maximum absolute atomic E-state index is 11.8. The highest BCUT2D eigenvalue weighted by Gasteiger charge is 2.25. The van der Waals surface area contributed by atoms with Crippen LogP contribution in [0.25, 0.3) is 6.08 Å². The Labute approximate surface area is 147 Å². The summed E-state index contributed by atoms with van der Waals surface area (Å²) in [5.74, 6) is -1.31. The molecule has 0 aromatic heterocycles. The van der Waals surface area contributed by atoms with E-state index in [1.165, 1.54) is 13.0 Å². The van der Waals surface area contributed by atoms with Gasteiger partial charge in [0.05, 0.1) is 8.95 Å². The third kappa shape index (κ3) is 3.79. The SMILES string of the molecule is CC(=O)Oc1c(Br)cc(C=C2C(=O)NC(=S)NC2=O)cc1Br. The van der Waals surface area contributed by atoms with E-state index in [0.717, 1.165) is 0 Å². The minimum absolute atomic E-state index is 0.0280. The Morgan fingerprint density at radius 2 is 1.68 bits per heavy atom. The lowest BCUT2D eigenvalue weighted by Gasteiger charge is -2.16. The summed E-state index contributed by atoms with van der Waals surface area (Å²) in [6.07, 6.45) is 1.40. The van der Waals surface area contributed by atoms with Crippen molar-refractivity contribution in [2.45, 2.75) is 6.92 Å². The maximum Gasteiger partial charge on any atom is 0.308 e. The van der Waals surface area contributed by atoms with E-state index in [4.69, 9.17) is 17.0 Å². The molecule has 0 radical (unpaired) electrons. The zero-order valence-corrected chi connectivity index (χ0v) is 15.0. The van der Waals surface area contributed by atoms with Gasteiger partial charge < -0.3 is 4.74 Å². The lowest BCUT2D eigenvalue weighted by atomic mass is 10.1. The van der Waals surface area contributed by atoms with Crippen molar-refractivity contribution in [3.05, 3.63) is 32.2 Å². The van der Waals surface area contributed by atoms with E-state index in [2.05, 4.69) is 42.5 Å². The number of amides is 2. The van der Waals surface area contributed by atoms with Crippen molar-refractivity contribution in [3.63, 3.8) is 0 Å². The van der Waals surface area contributed by atoms with Gasteiger partial charge in [0.1, 0.15) is 5.57 Å². The number of thiocarbonyl (C=S) groups is 1. The van der Waals surface area contributed by atoms with E-state index < -0.39 is 17.8 Å². The fourth-order valence-electron chi connectivity index (χ4n) is 1.68. The van der Waals surface area contributed by atoms with Gasteiger partial charge in [0.15, 0.2) is 10.9 Å². The molecule has 1 aromatic rings. The summed E-state index contributed by atoms with van der Waals surface area (Å²) in [4.78, 5) is 34.6. The molecule has 2 amide bonds. The van der Waals surface area contributed by atoms with Gasteiger partial charge in [-0.15, -0.1) is 0 Å².